The number of hydrogen-bond acceptors (Lipinski definition) is 4. The van der Waals surface area contributed by atoms with Gasteiger partial charge in [-0.1, -0.05) is 25.3 Å². The first-order valence-electron chi connectivity index (χ1n) is 6.65. The maximum Gasteiger partial charge on any atom is 0.314 e. The molecule has 0 spiro atoms. The van der Waals surface area contributed by atoms with Crippen molar-refractivity contribution < 1.29 is 19.1 Å². The van der Waals surface area contributed by atoms with E-state index in [0.717, 1.165) is 25.7 Å². The Bertz CT molecular complexity index is 461. The van der Waals surface area contributed by atoms with Crippen LogP contribution >= 0.6 is 0 Å². The van der Waals surface area contributed by atoms with Crippen molar-refractivity contribution in [3.63, 3.8) is 0 Å². The Balaban J connectivity index is 1.97. The normalized spacial score (nSPS) is 15.8. The molecular formula is C15H18O4. The second-order valence-electron chi connectivity index (χ2n) is 4.82. The van der Waals surface area contributed by atoms with Gasteiger partial charge in [-0.3, -0.25) is 9.59 Å². The maximum absolute atomic E-state index is 12.0. The standard InChI is InChI=1S/C15H18O4/c1-11(16)18-13-8-5-9-14(10-13)19-15(17)12-6-3-2-4-7-12/h5,8-10,12H,2-4,6-7H2,1H3. The third kappa shape index (κ3) is 4.09. The molecular weight excluding hydrogens is 244 g/mol. The quantitative estimate of drug-likeness (QED) is 0.620. The molecule has 1 fully saturated rings. The Kier molecular flexibility index (Phi) is 4.55. The molecule has 1 aromatic carbocycles. The third-order valence-corrected chi connectivity index (χ3v) is 3.22. The summed E-state index contributed by atoms with van der Waals surface area (Å²) in [5.74, 6) is 0.248. The Labute approximate surface area is 112 Å². The van der Waals surface area contributed by atoms with Crippen LogP contribution in [0.15, 0.2) is 24.3 Å². The predicted octanol–water partition coefficient (Wildman–Crippen LogP) is 3.10. The van der Waals surface area contributed by atoms with Crippen LogP contribution in [0.3, 0.4) is 0 Å². The smallest absolute Gasteiger partial charge is 0.314 e. The van der Waals surface area contributed by atoms with Gasteiger partial charge in [-0.15, -0.1) is 0 Å². The number of carbonyl (C=O) groups is 2. The van der Waals surface area contributed by atoms with Crippen LogP contribution < -0.4 is 9.47 Å². The minimum Gasteiger partial charge on any atom is -0.427 e. The Morgan fingerprint density at radius 1 is 1.05 bits per heavy atom. The van der Waals surface area contributed by atoms with Gasteiger partial charge in [-0.25, -0.2) is 0 Å². The summed E-state index contributed by atoms with van der Waals surface area (Å²) >= 11 is 0. The van der Waals surface area contributed by atoms with E-state index in [-0.39, 0.29) is 11.9 Å². The first kappa shape index (κ1) is 13.6. The van der Waals surface area contributed by atoms with Gasteiger partial charge in [-0.05, 0) is 25.0 Å². The summed E-state index contributed by atoms with van der Waals surface area (Å²) in [4.78, 5) is 22.8. The molecule has 4 heteroatoms. The molecule has 0 saturated heterocycles. The Morgan fingerprint density at radius 3 is 2.32 bits per heavy atom. The van der Waals surface area contributed by atoms with E-state index >= 15 is 0 Å². The topological polar surface area (TPSA) is 52.6 Å². The predicted molar refractivity (Wildman–Crippen MR) is 70.0 cm³/mol. The van der Waals surface area contributed by atoms with Gasteiger partial charge < -0.3 is 9.47 Å². The van der Waals surface area contributed by atoms with Crippen LogP contribution in [0.1, 0.15) is 39.0 Å². The average molecular weight is 262 g/mol. The summed E-state index contributed by atoms with van der Waals surface area (Å²) in [6.45, 7) is 1.33. The lowest BCUT2D eigenvalue weighted by Gasteiger charge is -2.19. The Hall–Kier alpha value is -1.84. The molecule has 1 aromatic rings. The molecule has 0 unspecified atom stereocenters. The molecule has 0 amide bonds. The van der Waals surface area contributed by atoms with Gasteiger partial charge in [-0.2, -0.15) is 0 Å². The summed E-state index contributed by atoms with van der Waals surface area (Å²) in [6.07, 6.45) is 5.19. The van der Waals surface area contributed by atoms with Gasteiger partial charge in [0.2, 0.25) is 0 Å². The number of benzene rings is 1. The summed E-state index contributed by atoms with van der Waals surface area (Å²) in [5.41, 5.74) is 0. The van der Waals surface area contributed by atoms with Gasteiger partial charge >= 0.3 is 11.9 Å². The molecule has 0 bridgehead atoms. The summed E-state index contributed by atoms with van der Waals surface area (Å²) in [5, 5.41) is 0. The van der Waals surface area contributed by atoms with Gasteiger partial charge in [0.25, 0.3) is 0 Å². The fourth-order valence-corrected chi connectivity index (χ4v) is 2.30. The Morgan fingerprint density at radius 2 is 1.68 bits per heavy atom. The zero-order valence-electron chi connectivity index (χ0n) is 11.1. The number of esters is 2. The van der Waals surface area contributed by atoms with E-state index in [0.29, 0.717) is 11.5 Å². The number of carbonyl (C=O) groups excluding carboxylic acids is 2. The van der Waals surface area contributed by atoms with Crippen molar-refractivity contribution in [2.24, 2.45) is 5.92 Å². The highest BCUT2D eigenvalue weighted by Gasteiger charge is 2.23. The van der Waals surface area contributed by atoms with Crippen LogP contribution in [-0.2, 0) is 9.59 Å². The monoisotopic (exact) mass is 262 g/mol. The molecule has 0 heterocycles. The van der Waals surface area contributed by atoms with Crippen molar-refractivity contribution in [2.45, 2.75) is 39.0 Å². The first-order valence-corrected chi connectivity index (χ1v) is 6.65. The summed E-state index contributed by atoms with van der Waals surface area (Å²) in [7, 11) is 0. The van der Waals surface area contributed by atoms with Gasteiger partial charge in [0, 0.05) is 13.0 Å². The third-order valence-electron chi connectivity index (χ3n) is 3.22. The van der Waals surface area contributed by atoms with Gasteiger partial charge in [0.05, 0.1) is 5.92 Å². The lowest BCUT2D eigenvalue weighted by atomic mass is 9.89. The minimum absolute atomic E-state index is 0.00568. The van der Waals surface area contributed by atoms with Crippen LogP contribution in [0.4, 0.5) is 0 Å². The largest absolute Gasteiger partial charge is 0.427 e. The van der Waals surface area contributed by atoms with Crippen molar-refractivity contribution in [1.82, 2.24) is 0 Å². The van der Waals surface area contributed by atoms with Crippen molar-refractivity contribution >= 4 is 11.9 Å². The highest BCUT2D eigenvalue weighted by Crippen LogP contribution is 2.26. The highest BCUT2D eigenvalue weighted by atomic mass is 16.5. The van der Waals surface area contributed by atoms with Crippen LogP contribution in [0.2, 0.25) is 0 Å². The molecule has 1 aliphatic carbocycles. The number of hydrogen-bond donors (Lipinski definition) is 0. The molecule has 19 heavy (non-hydrogen) atoms. The molecule has 1 aliphatic rings. The summed E-state index contributed by atoms with van der Waals surface area (Å²) in [6, 6.07) is 6.59. The molecule has 0 aromatic heterocycles. The second-order valence-corrected chi connectivity index (χ2v) is 4.82. The van der Waals surface area contributed by atoms with Crippen LogP contribution in [0, 0.1) is 5.92 Å². The molecule has 0 N–H and O–H groups in total. The zero-order chi connectivity index (χ0) is 13.7. The van der Waals surface area contributed by atoms with E-state index in [1.807, 2.05) is 0 Å². The lowest BCUT2D eigenvalue weighted by molar-refractivity contribution is -0.140. The van der Waals surface area contributed by atoms with Gasteiger partial charge in [0.15, 0.2) is 0 Å². The average Bonchev–Trinajstić information content (AvgIpc) is 2.39. The van der Waals surface area contributed by atoms with E-state index in [4.69, 9.17) is 9.47 Å². The van der Waals surface area contributed by atoms with E-state index in [2.05, 4.69) is 0 Å². The van der Waals surface area contributed by atoms with E-state index in [1.165, 1.54) is 13.3 Å². The number of ether oxygens (including phenoxy) is 2. The highest BCUT2D eigenvalue weighted by molar-refractivity contribution is 5.75. The molecule has 0 radical (unpaired) electrons. The molecule has 0 aliphatic heterocycles. The molecule has 4 nitrogen and oxygen atoms in total. The molecule has 0 atom stereocenters. The molecule has 102 valence electrons. The van der Waals surface area contributed by atoms with E-state index in [9.17, 15) is 9.59 Å². The van der Waals surface area contributed by atoms with Gasteiger partial charge in [0.1, 0.15) is 11.5 Å². The molecule has 2 rings (SSSR count). The fraction of sp³-hybridized carbons (Fsp3) is 0.467. The van der Waals surface area contributed by atoms with Crippen LogP contribution in [0.25, 0.3) is 0 Å². The fourth-order valence-electron chi connectivity index (χ4n) is 2.30. The first-order chi connectivity index (χ1) is 9.15. The molecule has 1 saturated carbocycles. The second kappa shape index (κ2) is 6.36. The van der Waals surface area contributed by atoms with E-state index < -0.39 is 5.97 Å². The van der Waals surface area contributed by atoms with Crippen LogP contribution in [0.5, 0.6) is 11.5 Å². The van der Waals surface area contributed by atoms with Crippen molar-refractivity contribution in [1.29, 1.82) is 0 Å². The van der Waals surface area contributed by atoms with Crippen molar-refractivity contribution in [3.8, 4) is 11.5 Å². The SMILES string of the molecule is CC(=O)Oc1cccc(OC(=O)C2CCCCC2)c1. The van der Waals surface area contributed by atoms with E-state index in [1.54, 1.807) is 24.3 Å². The maximum atomic E-state index is 12.0. The zero-order valence-corrected chi connectivity index (χ0v) is 11.1. The van der Waals surface area contributed by atoms with Crippen molar-refractivity contribution in [2.75, 3.05) is 0 Å². The number of rotatable bonds is 3. The minimum atomic E-state index is -0.393. The van der Waals surface area contributed by atoms with Crippen LogP contribution in [-0.4, -0.2) is 11.9 Å². The summed E-state index contributed by atoms with van der Waals surface area (Å²) < 4.78 is 10.3. The van der Waals surface area contributed by atoms with Crippen molar-refractivity contribution in [3.05, 3.63) is 24.3 Å². The lowest BCUT2D eigenvalue weighted by Crippen LogP contribution is -2.22.